The number of benzene rings is 2. The third kappa shape index (κ3) is 5.62. The number of carbonyl (C=O) groups excluding carboxylic acids is 2. The average Bonchev–Trinajstić information content (AvgIpc) is 3.19. The van der Waals surface area contributed by atoms with Crippen LogP contribution in [0, 0.1) is 0 Å². The zero-order valence-electron chi connectivity index (χ0n) is 16.0. The van der Waals surface area contributed by atoms with E-state index in [4.69, 9.17) is 21.1 Å². The van der Waals surface area contributed by atoms with Gasteiger partial charge in [0.25, 0.3) is 5.91 Å². The monoisotopic (exact) mass is 464 g/mol. The second-order valence-electron chi connectivity index (χ2n) is 5.71. The Morgan fingerprint density at radius 3 is 2.63 bits per heavy atom. The molecule has 0 aliphatic rings. The number of thioether (sulfide) groups is 1. The van der Waals surface area contributed by atoms with E-state index in [0.717, 1.165) is 11.3 Å². The maximum Gasteiger partial charge on any atom is 0.259 e. The highest BCUT2D eigenvalue weighted by molar-refractivity contribution is 8.01. The van der Waals surface area contributed by atoms with Crippen molar-refractivity contribution in [3.05, 3.63) is 53.1 Å². The predicted molar refractivity (Wildman–Crippen MR) is 118 cm³/mol. The summed E-state index contributed by atoms with van der Waals surface area (Å²) in [7, 11) is 3.06. The van der Waals surface area contributed by atoms with Crippen LogP contribution in [0.5, 0.6) is 11.5 Å². The summed E-state index contributed by atoms with van der Waals surface area (Å²) < 4.78 is 11.0. The maximum absolute atomic E-state index is 12.3. The van der Waals surface area contributed by atoms with Crippen LogP contribution in [0.1, 0.15) is 10.4 Å². The molecule has 0 unspecified atom stereocenters. The molecule has 1 aromatic heterocycles. The van der Waals surface area contributed by atoms with Crippen LogP contribution in [0.15, 0.2) is 46.8 Å². The van der Waals surface area contributed by atoms with Gasteiger partial charge in [-0.15, -0.1) is 10.2 Å². The minimum atomic E-state index is -0.379. The summed E-state index contributed by atoms with van der Waals surface area (Å²) in [5.41, 5.74) is 0.850. The molecule has 2 N–H and O–H groups in total. The molecule has 30 heavy (non-hydrogen) atoms. The second kappa shape index (κ2) is 10.3. The van der Waals surface area contributed by atoms with Crippen LogP contribution in [0.2, 0.25) is 5.02 Å². The van der Waals surface area contributed by atoms with Crippen LogP contribution >= 0.6 is 34.7 Å². The zero-order chi connectivity index (χ0) is 21.5. The van der Waals surface area contributed by atoms with E-state index >= 15 is 0 Å². The van der Waals surface area contributed by atoms with Crippen molar-refractivity contribution < 1.29 is 19.1 Å². The molecule has 0 aliphatic carbocycles. The molecule has 2 aromatic carbocycles. The molecule has 11 heteroatoms. The van der Waals surface area contributed by atoms with Crippen LogP contribution in [0.4, 0.5) is 10.8 Å². The topological polar surface area (TPSA) is 102 Å². The summed E-state index contributed by atoms with van der Waals surface area (Å²) >= 11 is 8.39. The van der Waals surface area contributed by atoms with Crippen molar-refractivity contribution in [3.63, 3.8) is 0 Å². The molecule has 1 heterocycles. The molecule has 0 fully saturated rings. The van der Waals surface area contributed by atoms with Crippen LogP contribution in [-0.4, -0.2) is 42.0 Å². The van der Waals surface area contributed by atoms with E-state index in [0.29, 0.717) is 37.2 Å². The third-order valence-corrected chi connectivity index (χ3v) is 6.05. The Balaban J connectivity index is 1.56. The van der Waals surface area contributed by atoms with E-state index in [1.807, 2.05) is 0 Å². The molecule has 0 saturated heterocycles. The van der Waals surface area contributed by atoms with E-state index in [9.17, 15) is 9.59 Å². The molecule has 0 spiro atoms. The van der Waals surface area contributed by atoms with E-state index in [1.54, 1.807) is 49.6 Å². The number of methoxy groups -OCH3 is 2. The number of ether oxygens (including phenoxy) is 2. The van der Waals surface area contributed by atoms with Crippen LogP contribution in [0.3, 0.4) is 0 Å². The van der Waals surface area contributed by atoms with Crippen LogP contribution in [0.25, 0.3) is 0 Å². The smallest absolute Gasteiger partial charge is 0.259 e. The standard InChI is InChI=1S/C19H17ClN4O4S2/c1-27-11-7-8-15(28-2)14(9-11)21-16(25)10-29-19-24-23-18(30-19)22-17(26)12-5-3-4-6-13(12)20/h3-9H,10H2,1-2H3,(H,21,25)(H,22,23,26). The fraction of sp³-hybridized carbons (Fsp3) is 0.158. The van der Waals surface area contributed by atoms with E-state index < -0.39 is 0 Å². The number of hydrogen-bond acceptors (Lipinski definition) is 8. The van der Waals surface area contributed by atoms with Gasteiger partial charge in [0.2, 0.25) is 11.0 Å². The molecule has 3 rings (SSSR count). The Bertz CT molecular complexity index is 1060. The molecule has 0 saturated carbocycles. The molecule has 0 aliphatic heterocycles. The number of anilines is 2. The van der Waals surface area contributed by atoms with Gasteiger partial charge < -0.3 is 14.8 Å². The van der Waals surface area contributed by atoms with Gasteiger partial charge in [0.05, 0.1) is 36.2 Å². The van der Waals surface area contributed by atoms with Gasteiger partial charge in [0.1, 0.15) is 11.5 Å². The number of carbonyl (C=O) groups is 2. The van der Waals surface area contributed by atoms with Crippen molar-refractivity contribution in [2.24, 2.45) is 0 Å². The van der Waals surface area contributed by atoms with Gasteiger partial charge in [0, 0.05) is 6.07 Å². The van der Waals surface area contributed by atoms with Crippen molar-refractivity contribution >= 4 is 57.3 Å². The lowest BCUT2D eigenvalue weighted by atomic mass is 10.2. The average molecular weight is 465 g/mol. The Morgan fingerprint density at radius 1 is 1.10 bits per heavy atom. The number of aromatic nitrogens is 2. The van der Waals surface area contributed by atoms with Crippen molar-refractivity contribution in [1.82, 2.24) is 10.2 Å². The quantitative estimate of drug-likeness (QED) is 0.380. The number of nitrogens with one attached hydrogen (secondary N) is 2. The summed E-state index contributed by atoms with van der Waals surface area (Å²) in [6.45, 7) is 0. The first-order valence-corrected chi connectivity index (χ1v) is 10.7. The van der Waals surface area contributed by atoms with Crippen molar-refractivity contribution in [1.29, 1.82) is 0 Å². The minimum absolute atomic E-state index is 0.105. The molecule has 8 nitrogen and oxygen atoms in total. The molecule has 3 aromatic rings. The van der Waals surface area contributed by atoms with E-state index in [1.165, 1.54) is 18.9 Å². The van der Waals surface area contributed by atoms with Crippen LogP contribution < -0.4 is 20.1 Å². The molecule has 2 amide bonds. The number of nitrogens with zero attached hydrogens (tertiary/aromatic N) is 2. The predicted octanol–water partition coefficient (Wildman–Crippen LogP) is 4.19. The number of hydrogen-bond donors (Lipinski definition) is 2. The van der Waals surface area contributed by atoms with E-state index in [2.05, 4.69) is 20.8 Å². The van der Waals surface area contributed by atoms with Crippen LogP contribution in [-0.2, 0) is 4.79 Å². The largest absolute Gasteiger partial charge is 0.497 e. The summed E-state index contributed by atoms with van der Waals surface area (Å²) in [5.74, 6) is 0.601. The highest BCUT2D eigenvalue weighted by atomic mass is 35.5. The van der Waals surface area contributed by atoms with E-state index in [-0.39, 0.29) is 17.6 Å². The first-order valence-electron chi connectivity index (χ1n) is 8.54. The van der Waals surface area contributed by atoms with Gasteiger partial charge in [-0.05, 0) is 24.3 Å². The molecule has 0 atom stereocenters. The zero-order valence-corrected chi connectivity index (χ0v) is 18.4. The first kappa shape index (κ1) is 21.9. The normalized spacial score (nSPS) is 10.4. The first-order chi connectivity index (χ1) is 14.5. The lowest BCUT2D eigenvalue weighted by Crippen LogP contribution is -2.14. The van der Waals surface area contributed by atoms with Gasteiger partial charge in [-0.2, -0.15) is 0 Å². The van der Waals surface area contributed by atoms with Gasteiger partial charge in [-0.25, -0.2) is 0 Å². The van der Waals surface area contributed by atoms with Crippen molar-refractivity contribution in [3.8, 4) is 11.5 Å². The summed E-state index contributed by atoms with van der Waals surface area (Å²) in [6.07, 6.45) is 0. The SMILES string of the molecule is COc1ccc(OC)c(NC(=O)CSc2nnc(NC(=O)c3ccccc3Cl)s2)c1. The Kier molecular flexibility index (Phi) is 7.50. The molecule has 0 radical (unpaired) electrons. The minimum Gasteiger partial charge on any atom is -0.497 e. The van der Waals surface area contributed by atoms with Crippen molar-refractivity contribution in [2.75, 3.05) is 30.6 Å². The highest BCUT2D eigenvalue weighted by Gasteiger charge is 2.15. The molecular formula is C19H17ClN4O4S2. The Hall–Kier alpha value is -2.82. The molecule has 156 valence electrons. The van der Waals surface area contributed by atoms with Gasteiger partial charge in [-0.1, -0.05) is 46.8 Å². The fourth-order valence-corrected chi connectivity index (χ4v) is 4.12. The van der Waals surface area contributed by atoms with Gasteiger partial charge in [-0.3, -0.25) is 14.9 Å². The van der Waals surface area contributed by atoms with Gasteiger partial charge in [0.15, 0.2) is 4.34 Å². The number of rotatable bonds is 8. The Morgan fingerprint density at radius 2 is 1.90 bits per heavy atom. The lowest BCUT2D eigenvalue weighted by Gasteiger charge is -2.11. The molecular weight excluding hydrogens is 448 g/mol. The summed E-state index contributed by atoms with van der Waals surface area (Å²) in [5, 5.41) is 14.0. The van der Waals surface area contributed by atoms with Gasteiger partial charge >= 0.3 is 0 Å². The van der Waals surface area contributed by atoms with Crippen molar-refractivity contribution in [2.45, 2.75) is 4.34 Å². The Labute approximate surface area is 185 Å². The maximum atomic E-state index is 12.3. The molecule has 0 bridgehead atoms. The summed E-state index contributed by atoms with van der Waals surface area (Å²) in [6, 6.07) is 11.8. The third-order valence-electron chi connectivity index (χ3n) is 3.75. The summed E-state index contributed by atoms with van der Waals surface area (Å²) in [4.78, 5) is 24.6. The number of amides is 2. The lowest BCUT2D eigenvalue weighted by molar-refractivity contribution is -0.113. The number of halogens is 1. The fourth-order valence-electron chi connectivity index (χ4n) is 2.35. The highest BCUT2D eigenvalue weighted by Crippen LogP contribution is 2.30. The second-order valence-corrected chi connectivity index (χ2v) is 8.32.